The highest BCUT2D eigenvalue weighted by Crippen LogP contribution is 2.49. The van der Waals surface area contributed by atoms with Crippen LogP contribution < -0.4 is 16.2 Å². The van der Waals surface area contributed by atoms with Crippen LogP contribution in [0.15, 0.2) is 46.8 Å². The molecule has 1 aromatic rings. The largest absolute Gasteiger partial charge is 0.507 e. The fourth-order valence-electron chi connectivity index (χ4n) is 6.72. The maximum absolute atomic E-state index is 14.0. The molecule has 0 spiro atoms. The molecule has 0 unspecified atom stereocenters. The van der Waals surface area contributed by atoms with Crippen LogP contribution in [-0.2, 0) is 23.8 Å². The molecule has 1 aliphatic carbocycles. The molecule has 14 nitrogen and oxygen atoms in total. The number of carbonyl (C=O) groups excluding carboxylic acids is 4. The van der Waals surface area contributed by atoms with E-state index in [-0.39, 0.29) is 45.0 Å². The van der Waals surface area contributed by atoms with Crippen LogP contribution in [0.25, 0.3) is 5.70 Å². The Bertz CT molecular complexity index is 1790. The molecular weight excluding hydrogens is 662 g/mol. The Kier molecular flexibility index (Phi) is 11.3. The highest BCUT2D eigenvalue weighted by Gasteiger charge is 2.51. The standard InChI is InChI=1S/C37H47N3O11/c1-15-11-10-12-16(2)36(47)40-28-27(39)26(38)23-24(32(28)45)31(44)20(6)34-25(23)35(46)37(8,51-34)49-14-13-22(48-9)17(3)33(50-21(7)41)19(5)30(43)18(4)29(15)42/h10-15,17-19,22,29-30,33,42-44H,38-39H2,1-9H3/t15-,17+,18+,19+,22-,29-,30+,33+,37-/m0/s1. The van der Waals surface area contributed by atoms with Crippen LogP contribution in [0.4, 0.5) is 0 Å². The predicted octanol–water partition coefficient (Wildman–Crippen LogP) is 3.00. The average molecular weight is 710 g/mol. The topological polar surface area (TPSA) is 230 Å². The lowest BCUT2D eigenvalue weighted by molar-refractivity contribution is -0.160. The molecule has 0 fully saturated rings. The first-order valence-corrected chi connectivity index (χ1v) is 16.6. The SMILES string of the molecule is CO[C@H]1C=CO[C@@]2(C)Oc3c(C)c(O)c4c(c3C2=O)C(N)=C(N)C(=NC(=O)C(C)=CC=C[C@H](C)[C@H](O)[C@@H](C)[C@@H](O)[C@@H](C)[C@H](OC(C)=O)[C@@H]1C)C4=O. The van der Waals surface area contributed by atoms with Gasteiger partial charge in [0.15, 0.2) is 0 Å². The van der Waals surface area contributed by atoms with Gasteiger partial charge in [0.25, 0.3) is 11.7 Å². The Hall–Kier alpha value is -4.79. The minimum Gasteiger partial charge on any atom is -0.507 e. The number of nitrogens with two attached hydrogens (primary N) is 2. The third-order valence-electron chi connectivity index (χ3n) is 10.0. The van der Waals surface area contributed by atoms with Gasteiger partial charge in [0.05, 0.1) is 47.1 Å². The molecule has 3 aliphatic heterocycles. The van der Waals surface area contributed by atoms with Gasteiger partial charge in [-0.15, -0.1) is 0 Å². The summed E-state index contributed by atoms with van der Waals surface area (Å²) in [6.45, 7) is 12.4. The second kappa shape index (κ2) is 14.8. The molecule has 9 atom stereocenters. The van der Waals surface area contributed by atoms with Crippen LogP contribution in [0, 0.1) is 30.6 Å². The Morgan fingerprint density at radius 1 is 0.941 bits per heavy atom. The van der Waals surface area contributed by atoms with E-state index in [2.05, 4.69) is 4.99 Å². The molecule has 0 aromatic heterocycles. The van der Waals surface area contributed by atoms with Gasteiger partial charge in [0.2, 0.25) is 5.78 Å². The fraction of sp³-hybridized carbons (Fsp3) is 0.486. The molecule has 14 heteroatoms. The van der Waals surface area contributed by atoms with Crippen molar-refractivity contribution < 1.29 is 53.4 Å². The van der Waals surface area contributed by atoms with Crippen molar-refractivity contribution in [3.05, 3.63) is 64.1 Å². The number of phenolic OH excluding ortho intramolecular Hbond substituents is 1. The van der Waals surface area contributed by atoms with Crippen molar-refractivity contribution in [2.45, 2.75) is 85.6 Å². The number of esters is 1. The smallest absolute Gasteiger partial charge is 0.312 e. The van der Waals surface area contributed by atoms with Gasteiger partial charge in [-0.1, -0.05) is 45.9 Å². The van der Waals surface area contributed by atoms with Gasteiger partial charge in [0.1, 0.15) is 23.3 Å². The van der Waals surface area contributed by atoms with Crippen molar-refractivity contribution in [3.8, 4) is 11.5 Å². The number of ether oxygens (including phenoxy) is 4. The summed E-state index contributed by atoms with van der Waals surface area (Å²) in [7, 11) is 1.43. The summed E-state index contributed by atoms with van der Waals surface area (Å²) in [6.07, 6.45) is 3.44. The van der Waals surface area contributed by atoms with Crippen molar-refractivity contribution in [2.24, 2.45) is 40.1 Å². The number of aliphatic hydroxyl groups excluding tert-OH is 2. The zero-order valence-electron chi connectivity index (χ0n) is 30.2. The van der Waals surface area contributed by atoms with Crippen molar-refractivity contribution in [2.75, 3.05) is 7.11 Å². The Labute approximate surface area is 296 Å². The van der Waals surface area contributed by atoms with E-state index < -0.39 is 88.8 Å². The normalized spacial score (nSPS) is 31.9. The number of amides is 1. The van der Waals surface area contributed by atoms with E-state index >= 15 is 0 Å². The zero-order chi connectivity index (χ0) is 38.3. The van der Waals surface area contributed by atoms with Crippen LogP contribution >= 0.6 is 0 Å². The number of rotatable bonds is 2. The second-order valence-electron chi connectivity index (χ2n) is 13.6. The molecule has 5 rings (SSSR count). The van der Waals surface area contributed by atoms with Crippen molar-refractivity contribution in [1.29, 1.82) is 0 Å². The van der Waals surface area contributed by atoms with Crippen LogP contribution in [0.2, 0.25) is 0 Å². The van der Waals surface area contributed by atoms with Crippen molar-refractivity contribution in [3.63, 3.8) is 0 Å². The van der Waals surface area contributed by atoms with E-state index in [0.717, 1.165) is 0 Å². The highest BCUT2D eigenvalue weighted by molar-refractivity contribution is 6.56. The summed E-state index contributed by atoms with van der Waals surface area (Å²) < 4.78 is 23.2. The molecule has 1 amide bonds. The summed E-state index contributed by atoms with van der Waals surface area (Å²) >= 11 is 0. The van der Waals surface area contributed by atoms with Gasteiger partial charge in [-0.05, 0) is 19.9 Å². The first kappa shape index (κ1) is 39.0. The van der Waals surface area contributed by atoms with E-state index in [4.69, 9.17) is 30.4 Å². The molecule has 7 N–H and O–H groups in total. The number of aliphatic imine (C=N–C) groups is 1. The third kappa shape index (κ3) is 7.08. The third-order valence-corrected chi connectivity index (χ3v) is 10.0. The number of phenols is 1. The van der Waals surface area contributed by atoms with Crippen LogP contribution in [-0.4, -0.2) is 81.8 Å². The molecular formula is C37H47N3O11. The molecule has 5 bridgehead atoms. The number of carbonyl (C=O) groups is 4. The van der Waals surface area contributed by atoms with Gasteiger partial charge in [-0.3, -0.25) is 19.2 Å². The van der Waals surface area contributed by atoms with Gasteiger partial charge in [-0.25, -0.2) is 4.99 Å². The van der Waals surface area contributed by atoms with Crippen LogP contribution in [0.3, 0.4) is 0 Å². The number of hydrogen-bond acceptors (Lipinski definition) is 13. The van der Waals surface area contributed by atoms with E-state index in [1.54, 1.807) is 33.8 Å². The number of nitrogens with zero attached hydrogens (tertiary/aromatic N) is 1. The lowest BCUT2D eigenvalue weighted by Crippen LogP contribution is -2.46. The van der Waals surface area contributed by atoms with Crippen LogP contribution in [0.1, 0.15) is 80.3 Å². The minimum atomic E-state index is -2.00. The number of ketones is 2. The maximum atomic E-state index is 14.0. The number of Topliss-reactive ketones (excluding diaryl/α,β-unsaturated/α-hetero) is 2. The van der Waals surface area contributed by atoms with Gasteiger partial charge < -0.3 is 45.7 Å². The second-order valence-corrected chi connectivity index (χ2v) is 13.6. The van der Waals surface area contributed by atoms with E-state index in [1.165, 1.54) is 59.3 Å². The minimum absolute atomic E-state index is 0.0399. The quantitative estimate of drug-likeness (QED) is 0.279. The number of aliphatic hydroxyl groups is 2. The lowest BCUT2D eigenvalue weighted by atomic mass is 9.78. The fourth-order valence-corrected chi connectivity index (χ4v) is 6.72. The van der Waals surface area contributed by atoms with Crippen LogP contribution in [0.5, 0.6) is 11.5 Å². The highest BCUT2D eigenvalue weighted by atomic mass is 16.7. The summed E-state index contributed by atoms with van der Waals surface area (Å²) in [5.41, 5.74) is 11.0. The molecule has 3 heterocycles. The molecule has 4 aliphatic rings. The van der Waals surface area contributed by atoms with Gasteiger partial charge in [-0.2, -0.15) is 0 Å². The van der Waals surface area contributed by atoms with Gasteiger partial charge in [0, 0.05) is 61.3 Å². The molecule has 51 heavy (non-hydrogen) atoms. The monoisotopic (exact) mass is 709 g/mol. The molecule has 0 saturated carbocycles. The summed E-state index contributed by atoms with van der Waals surface area (Å²) in [4.78, 5) is 57.1. The Morgan fingerprint density at radius 3 is 2.20 bits per heavy atom. The number of aromatic hydroxyl groups is 1. The molecule has 0 radical (unpaired) electrons. The zero-order valence-corrected chi connectivity index (χ0v) is 30.2. The number of methoxy groups -OCH3 is 1. The number of hydrogen-bond donors (Lipinski definition) is 5. The van der Waals surface area contributed by atoms with Gasteiger partial charge >= 0.3 is 11.8 Å². The number of benzene rings is 1. The lowest BCUT2D eigenvalue weighted by Gasteiger charge is -2.38. The summed E-state index contributed by atoms with van der Waals surface area (Å²) in [6, 6.07) is 0. The van der Waals surface area contributed by atoms with E-state index in [0.29, 0.717) is 0 Å². The van der Waals surface area contributed by atoms with Crippen molar-refractivity contribution in [1.82, 2.24) is 0 Å². The number of allylic oxidation sites excluding steroid dienone is 3. The average Bonchev–Trinajstić information content (AvgIpc) is 3.35. The molecule has 1 aromatic carbocycles. The summed E-state index contributed by atoms with van der Waals surface area (Å²) in [5.74, 6) is -8.14. The molecule has 0 saturated heterocycles. The summed E-state index contributed by atoms with van der Waals surface area (Å²) in [5, 5.41) is 33.8. The first-order valence-electron chi connectivity index (χ1n) is 16.6. The Balaban J connectivity index is 1.89. The molecule has 276 valence electrons. The Morgan fingerprint density at radius 2 is 1.59 bits per heavy atom. The number of fused-ring (bicyclic) bond motifs is 13. The van der Waals surface area contributed by atoms with E-state index in [9.17, 15) is 34.5 Å². The first-order chi connectivity index (χ1) is 23.8. The van der Waals surface area contributed by atoms with E-state index in [1.807, 2.05) is 0 Å². The van der Waals surface area contributed by atoms with Crippen molar-refractivity contribution >= 4 is 34.9 Å². The predicted molar refractivity (Wildman–Crippen MR) is 186 cm³/mol. The maximum Gasteiger partial charge on any atom is 0.312 e.